The third-order valence-corrected chi connectivity index (χ3v) is 4.09. The number of hydrogen-bond donors (Lipinski definition) is 1. The lowest BCUT2D eigenvalue weighted by atomic mass is 10.2. The van der Waals surface area contributed by atoms with Gasteiger partial charge in [-0.15, -0.1) is 0 Å². The second-order valence-corrected chi connectivity index (χ2v) is 5.65. The van der Waals surface area contributed by atoms with E-state index in [1.807, 2.05) is 35.0 Å². The van der Waals surface area contributed by atoms with Crippen LogP contribution in [0.25, 0.3) is 5.65 Å². The number of nitrogens with zero attached hydrogens (tertiary/aromatic N) is 5. The Morgan fingerprint density at radius 3 is 3.09 bits per heavy atom. The maximum absolute atomic E-state index is 11.1. The van der Waals surface area contributed by atoms with E-state index < -0.39 is 5.91 Å². The Morgan fingerprint density at radius 2 is 2.30 bits per heavy atom. The second-order valence-electron chi connectivity index (χ2n) is 5.65. The molecule has 1 saturated heterocycles. The van der Waals surface area contributed by atoms with Gasteiger partial charge in [-0.1, -0.05) is 11.2 Å². The van der Waals surface area contributed by atoms with Crippen LogP contribution in [0.4, 0.5) is 0 Å². The molecule has 4 heterocycles. The van der Waals surface area contributed by atoms with Crippen molar-refractivity contribution in [3.05, 3.63) is 48.0 Å². The highest BCUT2D eigenvalue weighted by Crippen LogP contribution is 2.32. The van der Waals surface area contributed by atoms with Gasteiger partial charge in [0.1, 0.15) is 5.65 Å². The first-order valence-corrected chi connectivity index (χ1v) is 7.51. The Hall–Kier alpha value is -2.74. The second kappa shape index (κ2) is 5.47. The monoisotopic (exact) mass is 312 g/mol. The van der Waals surface area contributed by atoms with Crippen molar-refractivity contribution in [2.75, 3.05) is 6.54 Å². The summed E-state index contributed by atoms with van der Waals surface area (Å²) in [6, 6.07) is 5.91. The third kappa shape index (κ3) is 2.57. The lowest BCUT2D eigenvalue weighted by Crippen LogP contribution is -2.23. The first kappa shape index (κ1) is 13.9. The lowest BCUT2D eigenvalue weighted by Gasteiger charge is -2.19. The standard InChI is InChI=1S/C15H16N6O2/c16-13(22)14-18-15(23-19-14)11-4-3-7-20(11)8-10-9-21-6-2-1-5-12(21)17-10/h1-2,5-6,9,11H,3-4,7-8H2,(H2,16,22)/t11-/m1/s1. The molecule has 4 rings (SSSR count). The molecule has 3 aromatic heterocycles. The summed E-state index contributed by atoms with van der Waals surface area (Å²) in [5.74, 6) is -0.301. The van der Waals surface area contributed by atoms with Gasteiger partial charge in [0.05, 0.1) is 11.7 Å². The summed E-state index contributed by atoms with van der Waals surface area (Å²) in [7, 11) is 0. The third-order valence-electron chi connectivity index (χ3n) is 4.09. The highest BCUT2D eigenvalue weighted by molar-refractivity contribution is 5.88. The Morgan fingerprint density at radius 1 is 1.39 bits per heavy atom. The zero-order valence-corrected chi connectivity index (χ0v) is 12.4. The van der Waals surface area contributed by atoms with E-state index in [2.05, 4.69) is 20.0 Å². The first-order valence-electron chi connectivity index (χ1n) is 7.51. The van der Waals surface area contributed by atoms with Crippen molar-refractivity contribution in [1.29, 1.82) is 0 Å². The minimum atomic E-state index is -0.676. The average molecular weight is 312 g/mol. The molecule has 0 unspecified atom stereocenters. The summed E-state index contributed by atoms with van der Waals surface area (Å²) in [5, 5.41) is 3.63. The summed E-state index contributed by atoms with van der Waals surface area (Å²) < 4.78 is 7.21. The summed E-state index contributed by atoms with van der Waals surface area (Å²) in [6.45, 7) is 1.62. The van der Waals surface area contributed by atoms with Crippen molar-refractivity contribution in [2.24, 2.45) is 5.73 Å². The molecule has 0 radical (unpaired) electrons. The molecule has 1 aliphatic rings. The number of hydrogen-bond acceptors (Lipinski definition) is 6. The predicted octanol–water partition coefficient (Wildman–Crippen LogP) is 1.15. The normalized spacial score (nSPS) is 18.7. The Bertz CT molecular complexity index is 821. The number of carbonyl (C=O) groups excluding carboxylic acids is 1. The summed E-state index contributed by atoms with van der Waals surface area (Å²) in [5.41, 5.74) is 7.08. The van der Waals surface area contributed by atoms with Crippen LogP contribution in [0.15, 0.2) is 35.1 Å². The molecule has 3 aromatic rings. The minimum Gasteiger partial charge on any atom is -0.363 e. The van der Waals surface area contributed by atoms with Crippen molar-refractivity contribution >= 4 is 11.6 Å². The number of amides is 1. The number of carbonyl (C=O) groups is 1. The Kier molecular flexibility index (Phi) is 3.30. The molecule has 0 saturated carbocycles. The van der Waals surface area contributed by atoms with Gasteiger partial charge in [-0.25, -0.2) is 4.98 Å². The predicted molar refractivity (Wildman–Crippen MR) is 80.4 cm³/mol. The van der Waals surface area contributed by atoms with Crippen LogP contribution in [0, 0.1) is 0 Å². The summed E-state index contributed by atoms with van der Waals surface area (Å²) in [4.78, 5) is 22.1. The SMILES string of the molecule is NC(=O)c1noc([C@H]2CCCN2Cc2cn3ccccc3n2)n1. The molecule has 2 N–H and O–H groups in total. The van der Waals surface area contributed by atoms with Crippen LogP contribution in [-0.2, 0) is 6.54 Å². The number of aromatic nitrogens is 4. The maximum atomic E-state index is 11.1. The van der Waals surface area contributed by atoms with E-state index in [0.29, 0.717) is 12.4 Å². The molecule has 0 bridgehead atoms. The molecule has 8 nitrogen and oxygen atoms in total. The number of pyridine rings is 1. The largest absolute Gasteiger partial charge is 0.363 e. The van der Waals surface area contributed by atoms with E-state index in [9.17, 15) is 4.79 Å². The van der Waals surface area contributed by atoms with Crippen molar-refractivity contribution in [2.45, 2.75) is 25.4 Å². The number of primary amides is 1. The number of rotatable bonds is 4. The molecule has 1 aliphatic heterocycles. The van der Waals surface area contributed by atoms with Crippen LogP contribution >= 0.6 is 0 Å². The number of imidazole rings is 1. The van der Waals surface area contributed by atoms with E-state index in [4.69, 9.17) is 10.3 Å². The smallest absolute Gasteiger partial charge is 0.290 e. The molecule has 0 spiro atoms. The molecule has 1 amide bonds. The highest BCUT2D eigenvalue weighted by atomic mass is 16.5. The summed E-state index contributed by atoms with van der Waals surface area (Å²) >= 11 is 0. The van der Waals surface area contributed by atoms with Crippen LogP contribution in [0.5, 0.6) is 0 Å². The summed E-state index contributed by atoms with van der Waals surface area (Å²) in [6.07, 6.45) is 5.94. The topological polar surface area (TPSA) is 103 Å². The van der Waals surface area contributed by atoms with Gasteiger partial charge in [0.25, 0.3) is 11.7 Å². The molecule has 0 aliphatic carbocycles. The fourth-order valence-electron chi connectivity index (χ4n) is 3.04. The van der Waals surface area contributed by atoms with Gasteiger partial charge in [0, 0.05) is 18.9 Å². The van der Waals surface area contributed by atoms with E-state index in [0.717, 1.165) is 30.7 Å². The molecule has 23 heavy (non-hydrogen) atoms. The zero-order valence-electron chi connectivity index (χ0n) is 12.4. The van der Waals surface area contributed by atoms with Gasteiger partial charge in [-0.3, -0.25) is 9.69 Å². The van der Waals surface area contributed by atoms with E-state index in [-0.39, 0.29) is 11.9 Å². The fourth-order valence-corrected chi connectivity index (χ4v) is 3.04. The van der Waals surface area contributed by atoms with Crippen molar-refractivity contribution in [1.82, 2.24) is 24.4 Å². The fraction of sp³-hybridized carbons (Fsp3) is 0.333. The molecule has 118 valence electrons. The van der Waals surface area contributed by atoms with Crippen LogP contribution in [-0.4, -0.2) is 36.9 Å². The van der Waals surface area contributed by atoms with E-state index in [1.54, 1.807) is 0 Å². The lowest BCUT2D eigenvalue weighted by molar-refractivity contribution is 0.0987. The Balaban J connectivity index is 1.56. The van der Waals surface area contributed by atoms with Crippen molar-refractivity contribution < 1.29 is 9.32 Å². The molecule has 1 atom stereocenters. The van der Waals surface area contributed by atoms with Gasteiger partial charge in [-0.2, -0.15) is 4.98 Å². The molecule has 0 aromatic carbocycles. The van der Waals surface area contributed by atoms with Gasteiger partial charge >= 0.3 is 0 Å². The molecule has 8 heteroatoms. The van der Waals surface area contributed by atoms with Gasteiger partial charge < -0.3 is 14.7 Å². The maximum Gasteiger partial charge on any atom is 0.290 e. The van der Waals surface area contributed by atoms with Gasteiger partial charge in [0.2, 0.25) is 5.89 Å². The first-order chi connectivity index (χ1) is 11.2. The number of fused-ring (bicyclic) bond motifs is 1. The minimum absolute atomic E-state index is 0.000382. The molecule has 1 fully saturated rings. The molecular weight excluding hydrogens is 296 g/mol. The van der Waals surface area contributed by atoms with Crippen molar-refractivity contribution in [3.8, 4) is 0 Å². The highest BCUT2D eigenvalue weighted by Gasteiger charge is 2.31. The quantitative estimate of drug-likeness (QED) is 0.775. The number of likely N-dealkylation sites (tertiary alicyclic amines) is 1. The molecular formula is C15H16N6O2. The Labute approximate surface area is 131 Å². The van der Waals surface area contributed by atoms with E-state index >= 15 is 0 Å². The van der Waals surface area contributed by atoms with Crippen LogP contribution in [0.3, 0.4) is 0 Å². The average Bonchev–Trinajstić information content (AvgIpc) is 3.25. The van der Waals surface area contributed by atoms with E-state index in [1.165, 1.54) is 0 Å². The van der Waals surface area contributed by atoms with Crippen LogP contribution in [0.1, 0.15) is 41.1 Å². The number of nitrogens with two attached hydrogens (primary N) is 1. The van der Waals surface area contributed by atoms with Crippen LogP contribution in [0.2, 0.25) is 0 Å². The van der Waals surface area contributed by atoms with Crippen molar-refractivity contribution in [3.63, 3.8) is 0 Å². The van der Waals surface area contributed by atoms with Gasteiger partial charge in [0.15, 0.2) is 0 Å². The van der Waals surface area contributed by atoms with Gasteiger partial charge in [-0.05, 0) is 31.5 Å². The van der Waals surface area contributed by atoms with Crippen LogP contribution < -0.4 is 5.73 Å². The zero-order chi connectivity index (χ0) is 15.8.